The zero-order chi connectivity index (χ0) is 22.0. The van der Waals surface area contributed by atoms with E-state index in [-0.39, 0.29) is 17.9 Å². The number of aryl methyl sites for hydroxylation is 1. The van der Waals surface area contributed by atoms with E-state index in [4.69, 9.17) is 0 Å². The van der Waals surface area contributed by atoms with E-state index in [0.29, 0.717) is 13.0 Å². The van der Waals surface area contributed by atoms with Gasteiger partial charge in [0.1, 0.15) is 6.04 Å². The zero-order valence-electron chi connectivity index (χ0n) is 17.7. The van der Waals surface area contributed by atoms with Crippen LogP contribution in [-0.4, -0.2) is 30.9 Å². The molecule has 1 aliphatic rings. The van der Waals surface area contributed by atoms with Crippen LogP contribution >= 0.6 is 15.9 Å². The van der Waals surface area contributed by atoms with Crippen molar-refractivity contribution in [2.24, 2.45) is 0 Å². The van der Waals surface area contributed by atoms with Crippen molar-refractivity contribution in [1.82, 2.24) is 10.6 Å². The lowest BCUT2D eigenvalue weighted by atomic mass is 10.0. The number of rotatable bonds is 5. The number of benzene rings is 3. The largest absolute Gasteiger partial charge is 0.343 e. The predicted octanol–water partition coefficient (Wildman–Crippen LogP) is 4.17. The molecule has 6 heteroatoms. The van der Waals surface area contributed by atoms with Gasteiger partial charge in [-0.3, -0.25) is 9.59 Å². The maximum Gasteiger partial charge on any atom is 0.249 e. The average Bonchev–Trinajstić information content (AvgIpc) is 2.91. The van der Waals surface area contributed by atoms with Gasteiger partial charge in [-0.2, -0.15) is 0 Å². The van der Waals surface area contributed by atoms with Gasteiger partial charge in [0.05, 0.1) is 12.6 Å². The molecule has 2 unspecified atom stereocenters. The van der Waals surface area contributed by atoms with Gasteiger partial charge < -0.3 is 15.5 Å². The number of anilines is 1. The molecule has 0 fully saturated rings. The number of halogens is 1. The van der Waals surface area contributed by atoms with Crippen LogP contribution in [0.3, 0.4) is 0 Å². The average molecular weight is 480 g/mol. The fourth-order valence-electron chi connectivity index (χ4n) is 4.06. The topological polar surface area (TPSA) is 61.4 Å². The Morgan fingerprint density at radius 3 is 2.77 bits per heavy atom. The smallest absolute Gasteiger partial charge is 0.249 e. The maximum absolute atomic E-state index is 13.6. The normalized spacial score (nSPS) is 17.2. The van der Waals surface area contributed by atoms with E-state index in [2.05, 4.69) is 56.9 Å². The molecule has 0 aromatic heterocycles. The third kappa shape index (κ3) is 4.50. The van der Waals surface area contributed by atoms with Gasteiger partial charge in [-0.25, -0.2) is 0 Å². The number of likely N-dealkylation sites (N-methyl/N-ethyl adjacent to an activating group) is 1. The van der Waals surface area contributed by atoms with Crippen LogP contribution in [0, 0.1) is 0 Å². The van der Waals surface area contributed by atoms with Crippen molar-refractivity contribution in [2.45, 2.75) is 38.4 Å². The summed E-state index contributed by atoms with van der Waals surface area (Å²) in [6.45, 7) is 2.23. The number of nitrogens with zero attached hydrogens (tertiary/aromatic N) is 1. The number of nitrogens with one attached hydrogen (secondary N) is 2. The van der Waals surface area contributed by atoms with Crippen LogP contribution in [0.1, 0.15) is 24.5 Å². The Labute approximate surface area is 190 Å². The standard InChI is InChI=1S/C25H26BrN3O2/c1-16(27-2)24(30)28-22-13-11-18-6-3-4-9-23(18)29(25(22)31)15-19-8-5-7-17-10-12-20(26)14-21(17)19/h3-10,12,14,16,22,27H,11,13,15H2,1-2H3,(H,28,30). The minimum atomic E-state index is -0.558. The number of carbonyl (C=O) groups excluding carboxylic acids is 2. The molecule has 0 saturated carbocycles. The Bertz CT molecular complexity index is 1130. The molecule has 31 heavy (non-hydrogen) atoms. The highest BCUT2D eigenvalue weighted by Gasteiger charge is 2.32. The zero-order valence-corrected chi connectivity index (χ0v) is 19.3. The van der Waals surface area contributed by atoms with Crippen LogP contribution in [-0.2, 0) is 22.6 Å². The Hall–Kier alpha value is -2.70. The first-order valence-electron chi connectivity index (χ1n) is 10.5. The summed E-state index contributed by atoms with van der Waals surface area (Å²) < 4.78 is 1.00. The molecule has 0 aliphatic carbocycles. The highest BCUT2D eigenvalue weighted by molar-refractivity contribution is 9.10. The van der Waals surface area contributed by atoms with E-state index < -0.39 is 6.04 Å². The second-order valence-electron chi connectivity index (χ2n) is 7.95. The molecule has 3 aromatic carbocycles. The summed E-state index contributed by atoms with van der Waals surface area (Å²) in [4.78, 5) is 28.0. The second-order valence-corrected chi connectivity index (χ2v) is 8.86. The van der Waals surface area contributed by atoms with Crippen LogP contribution in [0.2, 0.25) is 0 Å². The lowest BCUT2D eigenvalue weighted by Gasteiger charge is -2.27. The van der Waals surface area contributed by atoms with Crippen molar-refractivity contribution >= 4 is 44.2 Å². The minimum absolute atomic E-state index is 0.0754. The van der Waals surface area contributed by atoms with E-state index in [1.807, 2.05) is 35.2 Å². The fraction of sp³-hybridized carbons (Fsp3) is 0.280. The summed E-state index contributed by atoms with van der Waals surface area (Å²) in [6.07, 6.45) is 1.31. The predicted molar refractivity (Wildman–Crippen MR) is 128 cm³/mol. The van der Waals surface area contributed by atoms with Gasteiger partial charge in [-0.1, -0.05) is 58.4 Å². The summed E-state index contributed by atoms with van der Waals surface area (Å²) in [5.41, 5.74) is 3.10. The van der Waals surface area contributed by atoms with Gasteiger partial charge in [0.15, 0.2) is 0 Å². The summed E-state index contributed by atoms with van der Waals surface area (Å²) in [7, 11) is 1.74. The van der Waals surface area contributed by atoms with Crippen molar-refractivity contribution in [2.75, 3.05) is 11.9 Å². The van der Waals surface area contributed by atoms with Crippen molar-refractivity contribution < 1.29 is 9.59 Å². The van der Waals surface area contributed by atoms with Crippen molar-refractivity contribution in [1.29, 1.82) is 0 Å². The second kappa shape index (κ2) is 9.20. The minimum Gasteiger partial charge on any atom is -0.343 e. The first-order chi connectivity index (χ1) is 15.0. The molecule has 0 radical (unpaired) electrons. The van der Waals surface area contributed by atoms with Crippen LogP contribution in [0.5, 0.6) is 0 Å². The molecule has 2 N–H and O–H groups in total. The quantitative estimate of drug-likeness (QED) is 0.576. The highest BCUT2D eigenvalue weighted by atomic mass is 79.9. The number of para-hydroxylation sites is 1. The van der Waals surface area contributed by atoms with Crippen molar-refractivity contribution in [3.8, 4) is 0 Å². The van der Waals surface area contributed by atoms with Gasteiger partial charge in [0, 0.05) is 10.2 Å². The Kier molecular flexibility index (Phi) is 6.39. The summed E-state index contributed by atoms with van der Waals surface area (Å²) in [5, 5.41) is 8.13. The molecule has 3 aromatic rings. The van der Waals surface area contributed by atoms with Crippen molar-refractivity contribution in [3.63, 3.8) is 0 Å². The third-order valence-electron chi connectivity index (χ3n) is 5.95. The van der Waals surface area contributed by atoms with Gasteiger partial charge in [-0.15, -0.1) is 0 Å². The molecule has 0 saturated heterocycles. The van der Waals surface area contributed by atoms with E-state index >= 15 is 0 Å². The molecule has 2 amide bonds. The number of fused-ring (bicyclic) bond motifs is 2. The summed E-state index contributed by atoms with van der Waals surface area (Å²) in [5.74, 6) is -0.241. The molecule has 0 bridgehead atoms. The Balaban J connectivity index is 1.72. The maximum atomic E-state index is 13.6. The number of hydrogen-bond acceptors (Lipinski definition) is 3. The van der Waals surface area contributed by atoms with Gasteiger partial charge in [0.25, 0.3) is 0 Å². The van der Waals surface area contributed by atoms with E-state index in [1.165, 1.54) is 0 Å². The molecule has 160 valence electrons. The molecule has 1 aliphatic heterocycles. The SMILES string of the molecule is CNC(C)C(=O)NC1CCc2ccccc2N(Cc2cccc3ccc(Br)cc23)C1=O. The van der Waals surface area contributed by atoms with E-state index in [0.717, 1.165) is 38.5 Å². The lowest BCUT2D eigenvalue weighted by molar-refractivity contribution is -0.128. The van der Waals surface area contributed by atoms with E-state index in [9.17, 15) is 9.59 Å². The molecule has 2 atom stereocenters. The molecular weight excluding hydrogens is 454 g/mol. The molecule has 0 spiro atoms. The highest BCUT2D eigenvalue weighted by Crippen LogP contribution is 2.31. The van der Waals surface area contributed by atoms with Crippen LogP contribution in [0.25, 0.3) is 10.8 Å². The third-order valence-corrected chi connectivity index (χ3v) is 6.45. The number of amides is 2. The van der Waals surface area contributed by atoms with E-state index in [1.54, 1.807) is 14.0 Å². The molecule has 4 rings (SSSR count). The molecule has 5 nitrogen and oxygen atoms in total. The van der Waals surface area contributed by atoms with Gasteiger partial charge >= 0.3 is 0 Å². The number of hydrogen-bond donors (Lipinski definition) is 2. The van der Waals surface area contributed by atoms with Crippen LogP contribution in [0.4, 0.5) is 5.69 Å². The summed E-state index contributed by atoms with van der Waals surface area (Å²) in [6, 6.07) is 19.4. The lowest BCUT2D eigenvalue weighted by Crippen LogP contribution is -2.52. The first-order valence-corrected chi connectivity index (χ1v) is 11.3. The van der Waals surface area contributed by atoms with Crippen LogP contribution in [0.15, 0.2) is 65.1 Å². The van der Waals surface area contributed by atoms with Crippen LogP contribution < -0.4 is 15.5 Å². The Morgan fingerprint density at radius 1 is 1.16 bits per heavy atom. The molecular formula is C25H26BrN3O2. The van der Waals surface area contributed by atoms with Gasteiger partial charge in [0.2, 0.25) is 11.8 Å². The summed E-state index contributed by atoms with van der Waals surface area (Å²) >= 11 is 3.56. The fourth-order valence-corrected chi connectivity index (χ4v) is 4.42. The van der Waals surface area contributed by atoms with Gasteiger partial charge in [-0.05, 0) is 66.9 Å². The number of carbonyl (C=O) groups is 2. The van der Waals surface area contributed by atoms with Crippen molar-refractivity contribution in [3.05, 3.63) is 76.3 Å². The Morgan fingerprint density at radius 2 is 1.97 bits per heavy atom. The monoisotopic (exact) mass is 479 g/mol. The molecule has 1 heterocycles. The first kappa shape index (κ1) is 21.5.